The molecule has 0 saturated heterocycles. The number of nitrogens with two attached hydrogens (primary N) is 1. The van der Waals surface area contributed by atoms with E-state index in [0.717, 1.165) is 57.1 Å². The first-order chi connectivity index (χ1) is 13.8. The number of aliphatic hydroxyl groups excluding tert-OH is 1. The minimum Gasteiger partial charge on any atom is -0.393 e. The summed E-state index contributed by atoms with van der Waals surface area (Å²) >= 11 is 1.23. The van der Waals surface area contributed by atoms with E-state index in [0.29, 0.717) is 35.9 Å². The number of thioether (sulfide) groups is 1. The van der Waals surface area contributed by atoms with Crippen molar-refractivity contribution in [3.63, 3.8) is 0 Å². The van der Waals surface area contributed by atoms with Crippen LogP contribution in [-0.4, -0.2) is 28.0 Å². The van der Waals surface area contributed by atoms with Crippen molar-refractivity contribution in [2.75, 3.05) is 5.75 Å². The lowest BCUT2D eigenvalue weighted by Gasteiger charge is -2.61. The Morgan fingerprint density at radius 1 is 1.24 bits per heavy atom. The maximum absolute atomic E-state index is 12.1. The lowest BCUT2D eigenvalue weighted by molar-refractivity contribution is -0.123. The molecule has 3 N–H and O–H groups in total. The molecule has 0 aromatic carbocycles. The normalized spacial score (nSPS) is 43.9. The number of amides is 1. The number of ketones is 1. The third-order valence-corrected chi connectivity index (χ3v) is 9.98. The highest BCUT2D eigenvalue weighted by Gasteiger charge is 2.61. The molecule has 5 heteroatoms. The molecule has 0 aromatic rings. The predicted molar refractivity (Wildman–Crippen MR) is 117 cm³/mol. The summed E-state index contributed by atoms with van der Waals surface area (Å²) in [5.41, 5.74) is 6.87. The molecule has 0 radical (unpaired) electrons. The highest BCUT2D eigenvalue weighted by atomic mass is 32.2. The van der Waals surface area contributed by atoms with Crippen molar-refractivity contribution in [2.24, 2.45) is 40.2 Å². The van der Waals surface area contributed by atoms with Gasteiger partial charge < -0.3 is 10.8 Å². The van der Waals surface area contributed by atoms with Gasteiger partial charge in [-0.1, -0.05) is 44.0 Å². The van der Waals surface area contributed by atoms with Crippen molar-refractivity contribution in [1.82, 2.24) is 0 Å². The third kappa shape index (κ3) is 3.71. The van der Waals surface area contributed by atoms with Crippen molar-refractivity contribution in [3.8, 4) is 0 Å². The monoisotopic (exact) mass is 419 g/mol. The van der Waals surface area contributed by atoms with Crippen molar-refractivity contribution in [3.05, 3.63) is 11.6 Å². The van der Waals surface area contributed by atoms with Crippen molar-refractivity contribution in [1.29, 1.82) is 0 Å². The number of carbonyl (C=O) groups is 2. The van der Waals surface area contributed by atoms with Crippen molar-refractivity contribution >= 4 is 22.8 Å². The summed E-state index contributed by atoms with van der Waals surface area (Å²) < 4.78 is 0. The van der Waals surface area contributed by atoms with E-state index in [2.05, 4.69) is 13.8 Å². The summed E-state index contributed by atoms with van der Waals surface area (Å²) in [5, 5.41) is 10.6. The van der Waals surface area contributed by atoms with Gasteiger partial charge in [-0.2, -0.15) is 0 Å². The van der Waals surface area contributed by atoms with E-state index in [4.69, 9.17) is 5.73 Å². The molecule has 7 atom stereocenters. The van der Waals surface area contributed by atoms with Gasteiger partial charge in [0.25, 0.3) is 5.24 Å². The Hall–Kier alpha value is -0.810. The van der Waals surface area contributed by atoms with Crippen LogP contribution in [0.4, 0.5) is 4.79 Å². The fourth-order valence-electron chi connectivity index (χ4n) is 7.90. The van der Waals surface area contributed by atoms with Crippen LogP contribution in [0.1, 0.15) is 78.1 Å². The fraction of sp³-hybridized carbons (Fsp3) is 0.833. The molecule has 3 fully saturated rings. The average molecular weight is 420 g/mol. The lowest BCUT2D eigenvalue weighted by atomic mass is 9.44. The van der Waals surface area contributed by atoms with Gasteiger partial charge in [0.2, 0.25) is 0 Å². The second-order valence-electron chi connectivity index (χ2n) is 10.6. The van der Waals surface area contributed by atoms with Crippen LogP contribution in [0.2, 0.25) is 0 Å². The largest absolute Gasteiger partial charge is 0.393 e. The molecule has 4 aliphatic carbocycles. The summed E-state index contributed by atoms with van der Waals surface area (Å²) in [5.74, 6) is 3.63. The van der Waals surface area contributed by atoms with Crippen LogP contribution in [0, 0.1) is 34.5 Å². The summed E-state index contributed by atoms with van der Waals surface area (Å²) in [6, 6.07) is 0. The second-order valence-corrected chi connectivity index (χ2v) is 11.7. The predicted octanol–water partition coefficient (Wildman–Crippen LogP) is 5.09. The first-order valence-electron chi connectivity index (χ1n) is 11.6. The number of primary amides is 1. The summed E-state index contributed by atoms with van der Waals surface area (Å²) in [7, 11) is 0. The van der Waals surface area contributed by atoms with E-state index in [1.165, 1.54) is 23.8 Å². The number of rotatable bonds is 5. The van der Waals surface area contributed by atoms with E-state index in [1.807, 2.05) is 6.08 Å². The lowest BCUT2D eigenvalue weighted by Crippen LogP contribution is -2.55. The molecule has 4 rings (SSSR count). The van der Waals surface area contributed by atoms with Crippen LogP contribution in [0.5, 0.6) is 0 Å². The van der Waals surface area contributed by atoms with Crippen LogP contribution >= 0.6 is 11.8 Å². The molecule has 0 heterocycles. The van der Waals surface area contributed by atoms with Crippen LogP contribution in [-0.2, 0) is 4.79 Å². The van der Waals surface area contributed by atoms with E-state index in [1.54, 1.807) is 0 Å². The molecule has 0 aliphatic heterocycles. The molecule has 7 unspecified atom stereocenters. The quantitative estimate of drug-likeness (QED) is 0.608. The van der Waals surface area contributed by atoms with Gasteiger partial charge in [-0.3, -0.25) is 9.59 Å². The first-order valence-corrected chi connectivity index (χ1v) is 12.6. The zero-order valence-electron chi connectivity index (χ0n) is 18.0. The maximum atomic E-state index is 12.1. The zero-order chi connectivity index (χ0) is 20.8. The molecule has 0 bridgehead atoms. The molecule has 162 valence electrons. The minimum absolute atomic E-state index is 0.0515. The zero-order valence-corrected chi connectivity index (χ0v) is 18.8. The Morgan fingerprint density at radius 2 is 2.03 bits per heavy atom. The molecular weight excluding hydrogens is 382 g/mol. The molecule has 4 nitrogen and oxygen atoms in total. The number of hydrogen-bond donors (Lipinski definition) is 2. The number of aliphatic hydroxyl groups is 1. The fourth-order valence-corrected chi connectivity index (χ4v) is 8.45. The van der Waals surface area contributed by atoms with E-state index in [9.17, 15) is 14.7 Å². The molecule has 29 heavy (non-hydrogen) atoms. The van der Waals surface area contributed by atoms with E-state index >= 15 is 0 Å². The molecule has 0 aromatic heterocycles. The Morgan fingerprint density at radius 3 is 2.79 bits per heavy atom. The van der Waals surface area contributed by atoms with E-state index in [-0.39, 0.29) is 22.2 Å². The first kappa shape index (κ1) is 21.4. The highest BCUT2D eigenvalue weighted by molar-refractivity contribution is 8.13. The number of fused-ring (bicyclic) bond motifs is 5. The van der Waals surface area contributed by atoms with Crippen LogP contribution in [0.3, 0.4) is 0 Å². The molecular formula is C24H37NO3S. The van der Waals surface area contributed by atoms with Crippen molar-refractivity contribution < 1.29 is 14.7 Å². The van der Waals surface area contributed by atoms with Gasteiger partial charge in [-0.15, -0.1) is 0 Å². The van der Waals surface area contributed by atoms with Crippen LogP contribution in [0.15, 0.2) is 11.6 Å². The minimum atomic E-state index is -0.284. The molecule has 4 aliphatic rings. The number of allylic oxidation sites excluding steroid dienone is 1. The number of unbranched alkanes of at least 4 members (excludes halogenated alkanes) is 1. The standard InChI is InChI=1S/C24H37NO3S/c1-23-11-10-17(26)13-16(23)6-7-18-19-8-9-20(27)24(19,2)14-15(21(18)23)5-3-4-12-29-22(25)28/h13,15,18-21,27H,3-12,14H2,1-2H3,(H2,25,28). The van der Waals surface area contributed by atoms with E-state index < -0.39 is 0 Å². The van der Waals surface area contributed by atoms with Gasteiger partial charge in [0.15, 0.2) is 5.78 Å². The Balaban J connectivity index is 1.58. The number of carbonyl (C=O) groups excluding carboxylic acids is 2. The summed E-state index contributed by atoms with van der Waals surface area (Å²) in [6.45, 7) is 4.78. The van der Waals surface area contributed by atoms with Gasteiger partial charge in [-0.05, 0) is 85.5 Å². The Labute approximate surface area is 179 Å². The topological polar surface area (TPSA) is 80.4 Å². The molecule has 0 spiro atoms. The smallest absolute Gasteiger partial charge is 0.276 e. The summed E-state index contributed by atoms with van der Waals surface area (Å²) in [6.07, 6.45) is 12.3. The van der Waals surface area contributed by atoms with Gasteiger partial charge in [0.05, 0.1) is 6.10 Å². The SMILES string of the molecule is CC12CCC(=O)C=C1CCC1C2C(CCCCSC(N)=O)CC2(C)C(O)CCC12. The van der Waals surface area contributed by atoms with Gasteiger partial charge in [0.1, 0.15) is 0 Å². The van der Waals surface area contributed by atoms with Crippen LogP contribution in [0.25, 0.3) is 0 Å². The second kappa shape index (κ2) is 8.03. The van der Waals surface area contributed by atoms with Gasteiger partial charge in [-0.25, -0.2) is 0 Å². The maximum Gasteiger partial charge on any atom is 0.276 e. The third-order valence-electron chi connectivity index (χ3n) is 9.20. The van der Waals surface area contributed by atoms with Gasteiger partial charge >= 0.3 is 0 Å². The average Bonchev–Trinajstić information content (AvgIpc) is 2.96. The highest BCUT2D eigenvalue weighted by Crippen LogP contribution is 2.67. The van der Waals surface area contributed by atoms with Gasteiger partial charge in [0, 0.05) is 12.2 Å². The number of hydrogen-bond acceptors (Lipinski definition) is 4. The van der Waals surface area contributed by atoms with Crippen LogP contribution < -0.4 is 5.73 Å². The molecule has 3 saturated carbocycles. The van der Waals surface area contributed by atoms with Crippen molar-refractivity contribution in [2.45, 2.75) is 84.2 Å². The summed E-state index contributed by atoms with van der Waals surface area (Å²) in [4.78, 5) is 23.1. The molecule has 1 amide bonds. The Bertz CT molecular complexity index is 706. The Kier molecular flexibility index (Phi) is 5.93.